The summed E-state index contributed by atoms with van der Waals surface area (Å²) in [6.45, 7) is -0.201. The summed E-state index contributed by atoms with van der Waals surface area (Å²) < 4.78 is 27.4. The Morgan fingerprint density at radius 2 is 1.08 bits per heavy atom. The third kappa shape index (κ3) is 9.20. The van der Waals surface area contributed by atoms with E-state index in [0.29, 0.717) is 12.8 Å². The predicted octanol–water partition coefficient (Wildman–Crippen LogP) is 7.25. The quantitative estimate of drug-likeness (QED) is 0.176. The molecule has 5 amide bonds. The van der Waals surface area contributed by atoms with E-state index in [2.05, 4.69) is 0 Å². The van der Waals surface area contributed by atoms with E-state index in [0.717, 1.165) is 85.8 Å². The average molecular weight is 699 g/mol. The molecule has 51 heavy (non-hydrogen) atoms. The van der Waals surface area contributed by atoms with Crippen LogP contribution in [-0.2, 0) is 33.9 Å². The molecule has 10 heteroatoms. The average Bonchev–Trinajstić information content (AvgIpc) is 3.37. The van der Waals surface area contributed by atoms with Gasteiger partial charge in [0.25, 0.3) is 5.91 Å². The van der Waals surface area contributed by atoms with Crippen LogP contribution in [-0.4, -0.2) is 74.6 Å². The fourth-order valence-electron chi connectivity index (χ4n) is 7.91. The van der Waals surface area contributed by atoms with Gasteiger partial charge in [-0.2, -0.15) is 0 Å². The number of nitrogens with zero attached hydrogens (tertiary/aromatic N) is 4. The van der Waals surface area contributed by atoms with Gasteiger partial charge in [-0.15, -0.1) is 0 Å². The Kier molecular flexibility index (Phi) is 12.1. The number of carbonyl (C=O) groups excluding carboxylic acids is 4. The van der Waals surface area contributed by atoms with Crippen LogP contribution in [0.4, 0.5) is 13.6 Å². The van der Waals surface area contributed by atoms with Crippen molar-refractivity contribution in [2.75, 3.05) is 13.1 Å². The molecule has 2 aliphatic carbocycles. The molecule has 0 unspecified atom stereocenters. The molecule has 1 aliphatic heterocycles. The van der Waals surface area contributed by atoms with Gasteiger partial charge in [-0.05, 0) is 79.5 Å². The Morgan fingerprint density at radius 3 is 1.57 bits per heavy atom. The summed E-state index contributed by atoms with van der Waals surface area (Å²) in [5, 5.41) is 0. The minimum atomic E-state index is -0.909. The third-order valence-corrected chi connectivity index (χ3v) is 10.8. The highest BCUT2D eigenvalue weighted by molar-refractivity contribution is 6.07. The standard InChI is InChI=1S/C41H48F2N4O4/c42-33-21-16-31(17-22-33)26-44(35-12-6-2-7-13-35)38(48)28-46-37(25-20-30-10-4-1-5-11-30)40(50)47(41(46)51)29-39(49)45(36-14-8-3-9-15-36)27-32-18-23-34(43)24-19-32/h1,4-5,10-11,16-19,21-24,35-37H,2-3,6-9,12-15,20,25-29H2/t37-/m0/s1. The summed E-state index contributed by atoms with van der Waals surface area (Å²) in [7, 11) is 0. The first-order valence-electron chi connectivity index (χ1n) is 18.5. The highest BCUT2D eigenvalue weighted by atomic mass is 19.1. The Labute approximate surface area is 299 Å². The molecule has 3 aliphatic rings. The molecule has 0 spiro atoms. The van der Waals surface area contributed by atoms with E-state index in [1.807, 2.05) is 30.3 Å². The number of hydrogen-bond donors (Lipinski definition) is 0. The van der Waals surface area contributed by atoms with Crippen LogP contribution in [0.25, 0.3) is 0 Å². The topological polar surface area (TPSA) is 81.2 Å². The van der Waals surface area contributed by atoms with Crippen molar-refractivity contribution in [2.45, 2.75) is 108 Å². The first kappa shape index (κ1) is 36.2. The van der Waals surface area contributed by atoms with E-state index in [1.165, 1.54) is 29.2 Å². The predicted molar refractivity (Wildman–Crippen MR) is 190 cm³/mol. The molecule has 1 saturated heterocycles. The van der Waals surface area contributed by atoms with Crippen molar-refractivity contribution in [3.05, 3.63) is 107 Å². The zero-order valence-corrected chi connectivity index (χ0v) is 29.2. The number of imide groups is 1. The number of benzene rings is 3. The van der Waals surface area contributed by atoms with Crippen molar-refractivity contribution in [1.82, 2.24) is 19.6 Å². The van der Waals surface area contributed by atoms with Gasteiger partial charge in [-0.25, -0.2) is 13.6 Å². The molecule has 0 N–H and O–H groups in total. The molecule has 1 heterocycles. The second kappa shape index (κ2) is 17.1. The summed E-state index contributed by atoms with van der Waals surface area (Å²) in [6, 6.07) is 20.2. The van der Waals surface area contributed by atoms with Crippen molar-refractivity contribution in [1.29, 1.82) is 0 Å². The number of halogens is 2. The number of urea groups is 1. The summed E-state index contributed by atoms with van der Waals surface area (Å²) in [5.74, 6) is -1.82. The second-order valence-corrected chi connectivity index (χ2v) is 14.3. The van der Waals surface area contributed by atoms with Gasteiger partial charge in [0.05, 0.1) is 0 Å². The highest BCUT2D eigenvalue weighted by Crippen LogP contribution is 2.29. The molecule has 270 valence electrons. The third-order valence-electron chi connectivity index (χ3n) is 10.8. The van der Waals surface area contributed by atoms with E-state index in [1.54, 1.807) is 34.1 Å². The first-order valence-corrected chi connectivity index (χ1v) is 18.5. The van der Waals surface area contributed by atoms with E-state index in [-0.39, 0.29) is 55.2 Å². The van der Waals surface area contributed by atoms with Gasteiger partial charge in [-0.3, -0.25) is 19.3 Å². The van der Waals surface area contributed by atoms with Crippen LogP contribution in [0.1, 0.15) is 87.3 Å². The van der Waals surface area contributed by atoms with Crippen molar-refractivity contribution in [3.8, 4) is 0 Å². The molecule has 3 fully saturated rings. The highest BCUT2D eigenvalue weighted by Gasteiger charge is 2.47. The minimum absolute atomic E-state index is 0.0272. The van der Waals surface area contributed by atoms with Crippen molar-refractivity contribution >= 4 is 23.8 Å². The van der Waals surface area contributed by atoms with E-state index < -0.39 is 24.5 Å². The maximum Gasteiger partial charge on any atom is 0.328 e. The Hall–Kier alpha value is -4.60. The lowest BCUT2D eigenvalue weighted by molar-refractivity contribution is -0.140. The van der Waals surface area contributed by atoms with Crippen LogP contribution < -0.4 is 0 Å². The Bertz CT molecular complexity index is 1640. The van der Waals surface area contributed by atoms with Gasteiger partial charge < -0.3 is 14.7 Å². The van der Waals surface area contributed by atoms with Crippen LogP contribution in [0, 0.1) is 11.6 Å². The monoisotopic (exact) mass is 698 g/mol. The molecule has 6 rings (SSSR count). The molecule has 3 aromatic carbocycles. The van der Waals surface area contributed by atoms with Crippen LogP contribution in [0.5, 0.6) is 0 Å². The molecule has 8 nitrogen and oxygen atoms in total. The minimum Gasteiger partial charge on any atom is -0.334 e. The lowest BCUT2D eigenvalue weighted by atomic mass is 9.93. The SMILES string of the molecule is O=C1[C@H](CCc2ccccc2)N(CC(=O)N(Cc2ccc(F)cc2)C2CCCCC2)C(=O)N1CC(=O)N(Cc1ccc(F)cc1)C1CCCCC1. The zero-order valence-electron chi connectivity index (χ0n) is 29.2. The van der Waals surface area contributed by atoms with Gasteiger partial charge in [0, 0.05) is 25.2 Å². The van der Waals surface area contributed by atoms with Crippen molar-refractivity contribution in [2.24, 2.45) is 0 Å². The number of hydrogen-bond acceptors (Lipinski definition) is 4. The van der Waals surface area contributed by atoms with E-state index in [9.17, 15) is 28.0 Å². The molecular weight excluding hydrogens is 650 g/mol. The normalized spacial score (nSPS) is 18.7. The van der Waals surface area contributed by atoms with Crippen LogP contribution in [0.3, 0.4) is 0 Å². The van der Waals surface area contributed by atoms with Crippen LogP contribution >= 0.6 is 0 Å². The lowest BCUT2D eigenvalue weighted by Crippen LogP contribution is -2.49. The zero-order chi connectivity index (χ0) is 35.7. The van der Waals surface area contributed by atoms with Crippen LogP contribution in [0.15, 0.2) is 78.9 Å². The number of carbonyl (C=O) groups is 4. The van der Waals surface area contributed by atoms with Crippen LogP contribution in [0.2, 0.25) is 0 Å². The largest absolute Gasteiger partial charge is 0.334 e. The van der Waals surface area contributed by atoms with Gasteiger partial charge in [-0.1, -0.05) is 93.1 Å². The number of aryl methyl sites for hydroxylation is 1. The van der Waals surface area contributed by atoms with Crippen molar-refractivity contribution < 1.29 is 28.0 Å². The Balaban J connectivity index is 1.24. The smallest absolute Gasteiger partial charge is 0.328 e. The number of rotatable bonds is 13. The summed E-state index contributed by atoms with van der Waals surface area (Å²) >= 11 is 0. The van der Waals surface area contributed by atoms with Gasteiger partial charge in [0.2, 0.25) is 11.8 Å². The molecule has 0 bridgehead atoms. The molecule has 2 saturated carbocycles. The van der Waals surface area contributed by atoms with Gasteiger partial charge in [0.1, 0.15) is 30.8 Å². The van der Waals surface area contributed by atoms with Gasteiger partial charge in [0.15, 0.2) is 0 Å². The molecule has 3 aromatic rings. The van der Waals surface area contributed by atoms with Crippen molar-refractivity contribution in [3.63, 3.8) is 0 Å². The molecule has 0 radical (unpaired) electrons. The summed E-state index contributed by atoms with van der Waals surface area (Å²) in [6.07, 6.45) is 10.2. The molecule has 1 atom stereocenters. The first-order chi connectivity index (χ1) is 24.8. The van der Waals surface area contributed by atoms with Gasteiger partial charge >= 0.3 is 6.03 Å². The Morgan fingerprint density at radius 1 is 0.608 bits per heavy atom. The lowest BCUT2D eigenvalue weighted by Gasteiger charge is -2.36. The fraction of sp³-hybridized carbons (Fsp3) is 0.463. The molecule has 0 aromatic heterocycles. The van der Waals surface area contributed by atoms with E-state index in [4.69, 9.17) is 0 Å². The number of amides is 5. The molecular formula is C41H48F2N4O4. The second-order valence-electron chi connectivity index (χ2n) is 14.3. The summed E-state index contributed by atoms with van der Waals surface area (Å²) in [5.41, 5.74) is 2.56. The van der Waals surface area contributed by atoms with E-state index >= 15 is 0 Å². The summed E-state index contributed by atoms with van der Waals surface area (Å²) in [4.78, 5) is 62.6. The maximum absolute atomic E-state index is 14.2. The fourth-order valence-corrected chi connectivity index (χ4v) is 7.91. The maximum atomic E-state index is 14.2.